The van der Waals surface area contributed by atoms with Crippen LogP contribution in [0.3, 0.4) is 0 Å². The molecule has 0 radical (unpaired) electrons. The van der Waals surface area contributed by atoms with Crippen molar-refractivity contribution in [1.82, 2.24) is 25.8 Å². The molecule has 0 unspecified atom stereocenters. The first kappa shape index (κ1) is 39.1. The van der Waals surface area contributed by atoms with E-state index in [4.69, 9.17) is 23.1 Å². The zero-order chi connectivity index (χ0) is 36.3. The minimum absolute atomic E-state index is 0.218. The number of halogens is 2. The number of para-hydroxylation sites is 1. The van der Waals surface area contributed by atoms with Crippen molar-refractivity contribution in [2.75, 3.05) is 20.1 Å². The van der Waals surface area contributed by atoms with Gasteiger partial charge in [0.2, 0.25) is 17.7 Å². The second-order valence-electron chi connectivity index (χ2n) is 12.9. The number of carbonyl (C=O) groups is 3. The van der Waals surface area contributed by atoms with Gasteiger partial charge in [0.25, 0.3) is 0 Å². The van der Waals surface area contributed by atoms with E-state index >= 15 is 0 Å². The van der Waals surface area contributed by atoms with Crippen molar-refractivity contribution in [1.29, 1.82) is 0 Å². The topological polar surface area (TPSA) is 158 Å². The second kappa shape index (κ2) is 19.1. The third kappa shape index (κ3) is 10.1. The molecule has 0 fully saturated rings. The summed E-state index contributed by atoms with van der Waals surface area (Å²) in [4.78, 5) is 49.6. The van der Waals surface area contributed by atoms with Crippen LogP contribution >= 0.6 is 46.0 Å². The number of hydrogen-bond donors (Lipinski definition) is 6. The number of amides is 3. The molecule has 0 spiro atoms. The lowest BCUT2D eigenvalue weighted by molar-refractivity contribution is -0.142. The number of benzene rings is 3. The van der Waals surface area contributed by atoms with Crippen molar-refractivity contribution >= 4 is 74.6 Å². The molecule has 2 heterocycles. The third-order valence-corrected chi connectivity index (χ3v) is 11.7. The van der Waals surface area contributed by atoms with E-state index < -0.39 is 18.1 Å². The van der Waals surface area contributed by atoms with E-state index in [9.17, 15) is 14.4 Å². The van der Waals surface area contributed by atoms with Gasteiger partial charge < -0.3 is 37.3 Å². The number of likely N-dealkylation sites (N-methyl/N-ethyl adjacent to an activating group) is 1. The number of alkyl halides is 1. The monoisotopic (exact) mass is 843 g/mol. The first-order chi connectivity index (χ1) is 24.7. The number of nitrogens with zero attached hydrogens (tertiary/aromatic N) is 1. The fourth-order valence-electron chi connectivity index (χ4n) is 6.45. The van der Waals surface area contributed by atoms with Crippen LogP contribution in [-0.2, 0) is 38.3 Å². The quantitative estimate of drug-likeness (QED) is 0.0708. The Bertz CT molecular complexity index is 1820. The Balaban J connectivity index is 1.59. The number of nitrogens with two attached hydrogens (primary N) is 2. The molecule has 13 heteroatoms. The SMILES string of the molecule is CN1C(=O)[C@H](CCCCN)NC(=O)[C@H](CCCN)NCc2ccccc2Sc2c(CI)cc(Cl)cc2CNC(=O)[C@@H]1Cc1c[nH]c2ccccc12. The van der Waals surface area contributed by atoms with Crippen LogP contribution < -0.4 is 27.4 Å². The summed E-state index contributed by atoms with van der Waals surface area (Å²) in [5.74, 6) is -0.914. The van der Waals surface area contributed by atoms with Gasteiger partial charge in [0.1, 0.15) is 12.1 Å². The summed E-state index contributed by atoms with van der Waals surface area (Å²) >= 11 is 10.6. The van der Waals surface area contributed by atoms with Gasteiger partial charge in [0, 0.05) is 62.9 Å². The van der Waals surface area contributed by atoms with Gasteiger partial charge in [-0.15, -0.1) is 0 Å². The van der Waals surface area contributed by atoms with Crippen LogP contribution in [-0.4, -0.2) is 65.9 Å². The Kier molecular flexibility index (Phi) is 14.6. The smallest absolute Gasteiger partial charge is 0.245 e. The molecular formula is C38H47ClIN7O3S. The van der Waals surface area contributed by atoms with Crippen molar-refractivity contribution in [2.24, 2.45) is 11.5 Å². The van der Waals surface area contributed by atoms with Crippen LogP contribution in [0.5, 0.6) is 0 Å². The van der Waals surface area contributed by atoms with Gasteiger partial charge in [-0.3, -0.25) is 14.4 Å². The molecule has 3 amide bonds. The van der Waals surface area contributed by atoms with Crippen LogP contribution in [0.1, 0.15) is 54.4 Å². The molecule has 4 aromatic rings. The van der Waals surface area contributed by atoms with Crippen LogP contribution in [0, 0.1) is 0 Å². The van der Waals surface area contributed by atoms with Gasteiger partial charge in [-0.25, -0.2) is 0 Å². The zero-order valence-corrected chi connectivity index (χ0v) is 32.6. The number of aromatic nitrogens is 1. The fourth-order valence-corrected chi connectivity index (χ4v) is 8.74. The van der Waals surface area contributed by atoms with Gasteiger partial charge in [-0.05, 0) is 91.7 Å². The number of aromatic amines is 1. The number of fused-ring (bicyclic) bond motifs is 3. The summed E-state index contributed by atoms with van der Waals surface area (Å²) in [7, 11) is 1.65. The average Bonchev–Trinajstić information content (AvgIpc) is 3.55. The molecule has 1 aliphatic rings. The number of H-pyrrole nitrogens is 1. The van der Waals surface area contributed by atoms with Crippen LogP contribution in [0.4, 0.5) is 0 Å². The maximum absolute atomic E-state index is 14.4. The highest BCUT2D eigenvalue weighted by Crippen LogP contribution is 2.38. The van der Waals surface area contributed by atoms with Crippen LogP contribution in [0.25, 0.3) is 10.9 Å². The molecule has 272 valence electrons. The molecule has 0 saturated heterocycles. The van der Waals surface area contributed by atoms with Gasteiger partial charge in [-0.1, -0.05) is 82.4 Å². The van der Waals surface area contributed by atoms with Crippen LogP contribution in [0.15, 0.2) is 76.7 Å². The zero-order valence-electron chi connectivity index (χ0n) is 28.9. The third-order valence-electron chi connectivity index (χ3n) is 9.31. The van der Waals surface area contributed by atoms with Gasteiger partial charge >= 0.3 is 0 Å². The number of hydrogen-bond acceptors (Lipinski definition) is 7. The van der Waals surface area contributed by atoms with Gasteiger partial charge in [-0.2, -0.15) is 0 Å². The summed E-state index contributed by atoms with van der Waals surface area (Å²) in [5, 5.41) is 11.3. The van der Waals surface area contributed by atoms with E-state index in [1.165, 1.54) is 4.90 Å². The molecule has 8 N–H and O–H groups in total. The normalized spacial score (nSPS) is 19.3. The molecule has 51 heavy (non-hydrogen) atoms. The standard InChI is InChI=1S/C38H47ClIN7O3S/c1-47-33(19-26-22-43-30-11-4-3-10-29(26)30)37(49)45-23-27-18-28(39)17-25(20-40)35(27)51-34-14-5-2-9-24(34)21-44-31(13-8-16-42)36(48)46-32(38(47)50)12-6-7-15-41/h2-5,9-11,14,17-18,22,31-33,43-44H,6-8,12-13,15-16,19-21,23,41-42H2,1H3,(H,45,49)(H,46,48)/t31-,32-,33-/m0/s1. The highest BCUT2D eigenvalue weighted by molar-refractivity contribution is 14.1. The van der Waals surface area contributed by atoms with E-state index in [-0.39, 0.29) is 30.7 Å². The van der Waals surface area contributed by atoms with E-state index in [0.29, 0.717) is 56.8 Å². The first-order valence-corrected chi connectivity index (χ1v) is 20.1. The minimum atomic E-state index is -0.868. The van der Waals surface area contributed by atoms with E-state index in [1.54, 1.807) is 18.8 Å². The number of unbranched alkanes of at least 4 members (excludes halogenated alkanes) is 1. The van der Waals surface area contributed by atoms with Gasteiger partial charge in [0.15, 0.2) is 0 Å². The molecule has 3 aromatic carbocycles. The molecule has 0 saturated carbocycles. The predicted octanol–water partition coefficient (Wildman–Crippen LogP) is 5.42. The lowest BCUT2D eigenvalue weighted by Gasteiger charge is -2.32. The maximum Gasteiger partial charge on any atom is 0.245 e. The highest BCUT2D eigenvalue weighted by atomic mass is 127. The van der Waals surface area contributed by atoms with Crippen molar-refractivity contribution in [2.45, 2.75) is 84.0 Å². The molecule has 10 nitrogen and oxygen atoms in total. The van der Waals surface area contributed by atoms with Crippen molar-refractivity contribution in [3.05, 3.63) is 94.1 Å². The molecule has 0 aliphatic carbocycles. The Hall–Kier alpha value is -3.14. The van der Waals surface area contributed by atoms with Crippen molar-refractivity contribution < 1.29 is 14.4 Å². The highest BCUT2D eigenvalue weighted by Gasteiger charge is 2.34. The Morgan fingerprint density at radius 3 is 2.41 bits per heavy atom. The first-order valence-electron chi connectivity index (χ1n) is 17.4. The van der Waals surface area contributed by atoms with Crippen molar-refractivity contribution in [3.8, 4) is 0 Å². The van der Waals surface area contributed by atoms with E-state index in [2.05, 4.69) is 49.6 Å². The molecule has 5 rings (SSSR count). The molecule has 1 aromatic heterocycles. The van der Waals surface area contributed by atoms with Crippen LogP contribution in [0.2, 0.25) is 5.02 Å². The Morgan fingerprint density at radius 2 is 1.63 bits per heavy atom. The lowest BCUT2D eigenvalue weighted by Crippen LogP contribution is -2.57. The largest absolute Gasteiger partial charge is 0.361 e. The predicted molar refractivity (Wildman–Crippen MR) is 214 cm³/mol. The van der Waals surface area contributed by atoms with E-state index in [0.717, 1.165) is 47.4 Å². The summed E-state index contributed by atoms with van der Waals surface area (Å²) in [6, 6.07) is 17.5. The summed E-state index contributed by atoms with van der Waals surface area (Å²) in [6.45, 7) is 1.56. The number of nitrogens with one attached hydrogen (secondary N) is 4. The second-order valence-corrected chi connectivity index (χ2v) is 15.1. The van der Waals surface area contributed by atoms with E-state index in [1.807, 2.05) is 60.8 Å². The Morgan fingerprint density at radius 1 is 0.882 bits per heavy atom. The molecule has 3 atom stereocenters. The molecule has 1 aliphatic heterocycles. The number of carbonyl (C=O) groups excluding carboxylic acids is 3. The maximum atomic E-state index is 14.4. The average molecular weight is 844 g/mol. The fraction of sp³-hybridized carbons (Fsp3) is 0.395. The minimum Gasteiger partial charge on any atom is -0.361 e. The summed E-state index contributed by atoms with van der Waals surface area (Å²) in [6.07, 6.45) is 5.03. The number of rotatable bonds is 10. The molecular weight excluding hydrogens is 797 g/mol. The Labute approximate surface area is 322 Å². The van der Waals surface area contributed by atoms with Gasteiger partial charge in [0.05, 0.1) is 6.04 Å². The van der Waals surface area contributed by atoms with Crippen molar-refractivity contribution in [3.63, 3.8) is 0 Å². The summed E-state index contributed by atoms with van der Waals surface area (Å²) < 4.78 is 0.718. The molecule has 0 bridgehead atoms. The lowest BCUT2D eigenvalue weighted by atomic mass is 10.0. The summed E-state index contributed by atoms with van der Waals surface area (Å²) in [5.41, 5.74) is 16.5.